The van der Waals surface area contributed by atoms with Gasteiger partial charge in [0.25, 0.3) is 0 Å². The van der Waals surface area contributed by atoms with Crippen molar-refractivity contribution in [2.75, 3.05) is 0 Å². The molecule has 0 heterocycles. The number of carbonyl (C=O) groups excluding carboxylic acids is 2. The van der Waals surface area contributed by atoms with E-state index in [0.717, 1.165) is 30.3 Å². The first-order valence-electron chi connectivity index (χ1n) is 7.92. The van der Waals surface area contributed by atoms with Crippen LogP contribution in [0.1, 0.15) is 36.5 Å². The molecule has 0 aliphatic rings. The summed E-state index contributed by atoms with van der Waals surface area (Å²) in [5.74, 6) is -4.84. The summed E-state index contributed by atoms with van der Waals surface area (Å²) < 4.78 is 45.7. The molecule has 0 aromatic heterocycles. The molecular weight excluding hydrogens is 347 g/mol. The van der Waals surface area contributed by atoms with Gasteiger partial charge >= 0.3 is 0 Å². The summed E-state index contributed by atoms with van der Waals surface area (Å²) in [6, 6.07) is 5.68. The van der Waals surface area contributed by atoms with Crippen LogP contribution in [0.25, 0.3) is 0 Å². The third-order valence-corrected chi connectivity index (χ3v) is 3.57. The summed E-state index contributed by atoms with van der Waals surface area (Å²) in [7, 11) is 0. The zero-order valence-electron chi connectivity index (χ0n) is 13.9. The molecule has 0 amide bonds. The summed E-state index contributed by atoms with van der Waals surface area (Å²) in [6.45, 7) is 1.85. The van der Waals surface area contributed by atoms with Crippen LogP contribution in [0.15, 0.2) is 36.4 Å². The molecule has 7 heteroatoms. The third-order valence-electron chi connectivity index (χ3n) is 3.57. The average Bonchev–Trinajstić information content (AvgIpc) is 2.62. The van der Waals surface area contributed by atoms with Gasteiger partial charge in [-0.2, -0.15) is 0 Å². The van der Waals surface area contributed by atoms with E-state index in [2.05, 4.69) is 0 Å². The highest BCUT2D eigenvalue weighted by molar-refractivity contribution is 6.68. The summed E-state index contributed by atoms with van der Waals surface area (Å²) >= 11 is 0. The Labute approximate surface area is 148 Å². The normalized spacial score (nSPS) is 10.5. The van der Waals surface area contributed by atoms with E-state index in [1.807, 2.05) is 6.92 Å². The summed E-state index contributed by atoms with van der Waals surface area (Å²) in [4.78, 5) is 24.0. The van der Waals surface area contributed by atoms with Crippen molar-refractivity contribution < 1.29 is 27.5 Å². The van der Waals surface area contributed by atoms with Crippen molar-refractivity contribution in [3.05, 3.63) is 59.4 Å². The molecule has 0 saturated heterocycles. The SMILES string of the molecule is CCCCC(=O)C(=N)C(=O)c1cc(Oc2ccc(F)cc2F)ccc1F. The quantitative estimate of drug-likeness (QED) is 0.414. The van der Waals surface area contributed by atoms with Crippen molar-refractivity contribution in [2.45, 2.75) is 26.2 Å². The average molecular weight is 363 g/mol. The molecule has 2 rings (SSSR count). The summed E-state index contributed by atoms with van der Waals surface area (Å²) in [5, 5.41) is 7.65. The minimum atomic E-state index is -1.08. The van der Waals surface area contributed by atoms with Gasteiger partial charge in [-0.05, 0) is 36.8 Å². The summed E-state index contributed by atoms with van der Waals surface area (Å²) in [5.41, 5.74) is -1.35. The fourth-order valence-corrected chi connectivity index (χ4v) is 2.15. The molecule has 0 radical (unpaired) electrons. The van der Waals surface area contributed by atoms with E-state index in [9.17, 15) is 22.8 Å². The number of hydrogen-bond donors (Lipinski definition) is 1. The molecule has 0 spiro atoms. The number of halogens is 3. The lowest BCUT2D eigenvalue weighted by atomic mass is 10.0. The van der Waals surface area contributed by atoms with Gasteiger partial charge < -0.3 is 4.74 Å². The lowest BCUT2D eigenvalue weighted by Gasteiger charge is -2.09. The Balaban J connectivity index is 2.25. The van der Waals surface area contributed by atoms with Crippen molar-refractivity contribution in [1.29, 1.82) is 5.41 Å². The van der Waals surface area contributed by atoms with E-state index in [-0.39, 0.29) is 17.9 Å². The van der Waals surface area contributed by atoms with Crippen LogP contribution in [-0.4, -0.2) is 17.3 Å². The number of unbranched alkanes of at least 4 members (excludes halogenated alkanes) is 1. The van der Waals surface area contributed by atoms with Crippen molar-refractivity contribution in [1.82, 2.24) is 0 Å². The Morgan fingerprint density at radius 1 is 1.04 bits per heavy atom. The number of nitrogens with one attached hydrogen (secondary N) is 1. The predicted octanol–water partition coefficient (Wildman–Crippen LogP) is 4.86. The van der Waals surface area contributed by atoms with Gasteiger partial charge in [0.1, 0.15) is 23.1 Å². The van der Waals surface area contributed by atoms with Gasteiger partial charge in [0, 0.05) is 12.5 Å². The lowest BCUT2D eigenvalue weighted by molar-refractivity contribution is -0.113. The van der Waals surface area contributed by atoms with Gasteiger partial charge in [-0.25, -0.2) is 13.2 Å². The first-order valence-corrected chi connectivity index (χ1v) is 7.92. The molecule has 0 aliphatic heterocycles. The fraction of sp³-hybridized carbons (Fsp3) is 0.211. The molecular formula is C19H16F3NO3. The standard InChI is InChI=1S/C19H16F3NO3/c1-2-3-4-16(24)18(23)19(25)13-10-12(6-7-14(13)21)26-17-8-5-11(20)9-15(17)22/h5-10,23H,2-4H2,1H3. The molecule has 0 atom stereocenters. The van der Waals surface area contributed by atoms with E-state index < -0.39 is 40.3 Å². The second-order valence-corrected chi connectivity index (χ2v) is 5.55. The highest BCUT2D eigenvalue weighted by atomic mass is 19.1. The van der Waals surface area contributed by atoms with E-state index in [1.54, 1.807) is 0 Å². The molecule has 136 valence electrons. The Hall–Kier alpha value is -2.96. The van der Waals surface area contributed by atoms with Crippen LogP contribution in [0.2, 0.25) is 0 Å². The maximum atomic E-state index is 14.0. The Morgan fingerprint density at radius 3 is 2.42 bits per heavy atom. The smallest absolute Gasteiger partial charge is 0.217 e. The van der Waals surface area contributed by atoms with Crippen LogP contribution >= 0.6 is 0 Å². The molecule has 0 fully saturated rings. The van der Waals surface area contributed by atoms with Crippen LogP contribution in [0, 0.1) is 22.9 Å². The largest absolute Gasteiger partial charge is 0.454 e. The van der Waals surface area contributed by atoms with Crippen molar-refractivity contribution >= 4 is 17.3 Å². The number of carbonyl (C=O) groups is 2. The highest BCUT2D eigenvalue weighted by Crippen LogP contribution is 2.27. The minimum Gasteiger partial charge on any atom is -0.454 e. The monoisotopic (exact) mass is 363 g/mol. The van der Waals surface area contributed by atoms with Gasteiger partial charge in [0.05, 0.1) is 5.56 Å². The van der Waals surface area contributed by atoms with E-state index in [0.29, 0.717) is 18.9 Å². The molecule has 2 aromatic rings. The molecule has 0 bridgehead atoms. The number of Topliss-reactive ketones (excluding diaryl/α,β-unsaturated/α-hetero) is 2. The maximum absolute atomic E-state index is 14.0. The molecule has 0 unspecified atom stereocenters. The van der Waals surface area contributed by atoms with Gasteiger partial charge in [0.2, 0.25) is 5.78 Å². The lowest BCUT2D eigenvalue weighted by Crippen LogP contribution is -2.24. The van der Waals surface area contributed by atoms with Gasteiger partial charge in [-0.15, -0.1) is 0 Å². The third kappa shape index (κ3) is 4.56. The van der Waals surface area contributed by atoms with Crippen molar-refractivity contribution in [3.8, 4) is 11.5 Å². The van der Waals surface area contributed by atoms with Crippen LogP contribution in [0.3, 0.4) is 0 Å². The van der Waals surface area contributed by atoms with Crippen molar-refractivity contribution in [3.63, 3.8) is 0 Å². The molecule has 26 heavy (non-hydrogen) atoms. The number of hydrogen-bond acceptors (Lipinski definition) is 4. The van der Waals surface area contributed by atoms with Crippen LogP contribution in [0.4, 0.5) is 13.2 Å². The second-order valence-electron chi connectivity index (χ2n) is 5.55. The molecule has 0 aliphatic carbocycles. The minimum absolute atomic E-state index is 0.0275. The molecule has 2 aromatic carbocycles. The van der Waals surface area contributed by atoms with Crippen molar-refractivity contribution in [2.24, 2.45) is 0 Å². The zero-order valence-corrected chi connectivity index (χ0v) is 13.9. The highest BCUT2D eigenvalue weighted by Gasteiger charge is 2.23. The van der Waals surface area contributed by atoms with Gasteiger partial charge in [0.15, 0.2) is 17.3 Å². The summed E-state index contributed by atoms with van der Waals surface area (Å²) in [6.07, 6.45) is 1.26. The Kier molecular flexibility index (Phi) is 6.27. The molecule has 0 saturated carbocycles. The first kappa shape index (κ1) is 19.4. The second kappa shape index (κ2) is 8.42. The Morgan fingerprint density at radius 2 is 1.77 bits per heavy atom. The molecule has 4 nitrogen and oxygen atoms in total. The van der Waals surface area contributed by atoms with Gasteiger partial charge in [-0.1, -0.05) is 13.3 Å². The van der Waals surface area contributed by atoms with E-state index >= 15 is 0 Å². The topological polar surface area (TPSA) is 67.2 Å². The first-order chi connectivity index (χ1) is 12.3. The van der Waals surface area contributed by atoms with Crippen LogP contribution in [0.5, 0.6) is 11.5 Å². The van der Waals surface area contributed by atoms with E-state index in [4.69, 9.17) is 10.1 Å². The zero-order chi connectivity index (χ0) is 19.3. The number of benzene rings is 2. The van der Waals surface area contributed by atoms with Crippen LogP contribution in [-0.2, 0) is 4.79 Å². The number of rotatable bonds is 8. The van der Waals surface area contributed by atoms with Crippen LogP contribution < -0.4 is 4.74 Å². The van der Waals surface area contributed by atoms with E-state index in [1.165, 1.54) is 0 Å². The number of ketones is 2. The fourth-order valence-electron chi connectivity index (χ4n) is 2.15. The maximum Gasteiger partial charge on any atom is 0.217 e. The number of ether oxygens (including phenoxy) is 1. The van der Waals surface area contributed by atoms with Gasteiger partial charge in [-0.3, -0.25) is 15.0 Å². The molecule has 1 N–H and O–H groups in total. The predicted molar refractivity (Wildman–Crippen MR) is 89.4 cm³/mol. The Bertz CT molecular complexity index is 865.